The zero-order valence-corrected chi connectivity index (χ0v) is 14.0. The first-order valence-corrected chi connectivity index (χ1v) is 7.98. The molecule has 0 heterocycles. The van der Waals surface area contributed by atoms with Crippen LogP contribution in [0.15, 0.2) is 40.9 Å². The van der Waals surface area contributed by atoms with E-state index in [0.29, 0.717) is 5.02 Å². The molecule has 2 aromatic carbocycles. The first-order chi connectivity index (χ1) is 9.56. The SMILES string of the molecule is CCc1ccc(CC)c(C(O)c2ccc(Cl)cc2Br)c1. The second-order valence-electron chi connectivity index (χ2n) is 4.81. The Morgan fingerprint density at radius 1 is 1.05 bits per heavy atom. The van der Waals surface area contributed by atoms with E-state index in [2.05, 4.69) is 48.0 Å². The highest BCUT2D eigenvalue weighted by molar-refractivity contribution is 9.10. The van der Waals surface area contributed by atoms with E-state index in [1.54, 1.807) is 6.07 Å². The molecule has 1 N–H and O–H groups in total. The molecule has 0 saturated heterocycles. The molecule has 0 saturated carbocycles. The smallest absolute Gasteiger partial charge is 0.105 e. The number of rotatable bonds is 4. The van der Waals surface area contributed by atoms with Crippen molar-refractivity contribution < 1.29 is 5.11 Å². The number of aryl methyl sites for hydroxylation is 2. The van der Waals surface area contributed by atoms with Gasteiger partial charge in [-0.25, -0.2) is 0 Å². The van der Waals surface area contributed by atoms with Gasteiger partial charge in [-0.2, -0.15) is 0 Å². The molecular weight excluding hydrogens is 336 g/mol. The van der Waals surface area contributed by atoms with Crippen molar-refractivity contribution in [3.8, 4) is 0 Å². The van der Waals surface area contributed by atoms with Crippen LogP contribution >= 0.6 is 27.5 Å². The minimum atomic E-state index is -0.636. The van der Waals surface area contributed by atoms with Gasteiger partial charge in [0.1, 0.15) is 6.10 Å². The number of hydrogen-bond donors (Lipinski definition) is 1. The van der Waals surface area contributed by atoms with Gasteiger partial charge in [0, 0.05) is 9.50 Å². The molecule has 0 radical (unpaired) electrons. The number of benzene rings is 2. The standard InChI is InChI=1S/C17H18BrClO/c1-3-11-5-6-12(4-2)15(9-11)17(20)14-8-7-13(19)10-16(14)18/h5-10,17,20H,3-4H2,1-2H3. The largest absolute Gasteiger partial charge is 0.384 e. The number of aliphatic hydroxyl groups excluding tert-OH is 1. The van der Waals surface area contributed by atoms with Crippen molar-refractivity contribution in [2.75, 3.05) is 0 Å². The number of aliphatic hydroxyl groups is 1. The van der Waals surface area contributed by atoms with E-state index >= 15 is 0 Å². The van der Waals surface area contributed by atoms with E-state index in [-0.39, 0.29) is 0 Å². The molecule has 0 amide bonds. The van der Waals surface area contributed by atoms with Crippen molar-refractivity contribution in [2.45, 2.75) is 32.8 Å². The molecule has 0 fully saturated rings. The van der Waals surface area contributed by atoms with Gasteiger partial charge in [-0.15, -0.1) is 0 Å². The maximum absolute atomic E-state index is 10.7. The molecule has 20 heavy (non-hydrogen) atoms. The molecule has 0 aliphatic rings. The number of halogens is 2. The van der Waals surface area contributed by atoms with Crippen LogP contribution in [-0.4, -0.2) is 5.11 Å². The molecule has 0 spiro atoms. The highest BCUT2D eigenvalue weighted by atomic mass is 79.9. The maximum Gasteiger partial charge on any atom is 0.105 e. The Kier molecular flexibility index (Phi) is 5.25. The van der Waals surface area contributed by atoms with Crippen molar-refractivity contribution >= 4 is 27.5 Å². The maximum atomic E-state index is 10.7. The summed E-state index contributed by atoms with van der Waals surface area (Å²) in [4.78, 5) is 0. The van der Waals surface area contributed by atoms with Gasteiger partial charge in [-0.1, -0.05) is 65.6 Å². The molecule has 0 bridgehead atoms. The first-order valence-electron chi connectivity index (χ1n) is 6.81. The highest BCUT2D eigenvalue weighted by Gasteiger charge is 2.17. The quantitative estimate of drug-likeness (QED) is 0.790. The lowest BCUT2D eigenvalue weighted by Gasteiger charge is -2.18. The average Bonchev–Trinajstić information content (AvgIpc) is 2.46. The van der Waals surface area contributed by atoms with Gasteiger partial charge in [-0.05, 0) is 47.2 Å². The molecule has 2 rings (SSSR count). The highest BCUT2D eigenvalue weighted by Crippen LogP contribution is 2.32. The van der Waals surface area contributed by atoms with Gasteiger partial charge >= 0.3 is 0 Å². The molecule has 3 heteroatoms. The molecule has 1 unspecified atom stereocenters. The van der Waals surface area contributed by atoms with Crippen LogP contribution in [0.2, 0.25) is 5.02 Å². The minimum Gasteiger partial charge on any atom is -0.384 e. The fourth-order valence-electron chi connectivity index (χ4n) is 2.33. The third-order valence-electron chi connectivity index (χ3n) is 3.55. The second kappa shape index (κ2) is 6.75. The monoisotopic (exact) mass is 352 g/mol. The van der Waals surface area contributed by atoms with Crippen molar-refractivity contribution in [3.63, 3.8) is 0 Å². The Labute approximate surface area is 133 Å². The summed E-state index contributed by atoms with van der Waals surface area (Å²) in [6.07, 6.45) is 1.23. The molecule has 0 aliphatic carbocycles. The van der Waals surface area contributed by atoms with Gasteiger partial charge in [0.15, 0.2) is 0 Å². The summed E-state index contributed by atoms with van der Waals surface area (Å²) in [7, 11) is 0. The second-order valence-corrected chi connectivity index (χ2v) is 6.10. The zero-order valence-electron chi connectivity index (χ0n) is 11.7. The summed E-state index contributed by atoms with van der Waals surface area (Å²) >= 11 is 9.44. The fraction of sp³-hybridized carbons (Fsp3) is 0.294. The summed E-state index contributed by atoms with van der Waals surface area (Å²) < 4.78 is 0.835. The van der Waals surface area contributed by atoms with E-state index in [1.807, 2.05) is 12.1 Å². The third-order valence-corrected chi connectivity index (χ3v) is 4.47. The van der Waals surface area contributed by atoms with Crippen LogP contribution in [0.5, 0.6) is 0 Å². The molecule has 0 aromatic heterocycles. The van der Waals surface area contributed by atoms with Crippen molar-refractivity contribution in [3.05, 3.63) is 68.1 Å². The minimum absolute atomic E-state index is 0.636. The Balaban J connectivity index is 2.48. The summed E-state index contributed by atoms with van der Waals surface area (Å²) in [5.74, 6) is 0. The molecular formula is C17H18BrClO. The third kappa shape index (κ3) is 3.25. The predicted octanol–water partition coefficient (Wildman–Crippen LogP) is 5.31. The Hall–Kier alpha value is -0.830. The van der Waals surface area contributed by atoms with E-state index in [9.17, 15) is 5.11 Å². The fourth-order valence-corrected chi connectivity index (χ4v) is 3.23. The van der Waals surface area contributed by atoms with Gasteiger partial charge < -0.3 is 5.11 Å². The van der Waals surface area contributed by atoms with Crippen LogP contribution in [0.4, 0.5) is 0 Å². The van der Waals surface area contributed by atoms with E-state index in [1.165, 1.54) is 11.1 Å². The topological polar surface area (TPSA) is 20.2 Å². The molecule has 106 valence electrons. The predicted molar refractivity (Wildman–Crippen MR) is 88.4 cm³/mol. The summed E-state index contributed by atoms with van der Waals surface area (Å²) in [6, 6.07) is 11.8. The van der Waals surface area contributed by atoms with Crippen molar-refractivity contribution in [2.24, 2.45) is 0 Å². The summed E-state index contributed by atoms with van der Waals surface area (Å²) in [6.45, 7) is 4.23. The molecule has 1 nitrogen and oxygen atoms in total. The van der Waals surface area contributed by atoms with Crippen LogP contribution in [-0.2, 0) is 12.8 Å². The van der Waals surface area contributed by atoms with Gasteiger partial charge in [0.2, 0.25) is 0 Å². The lowest BCUT2D eigenvalue weighted by molar-refractivity contribution is 0.218. The lowest BCUT2D eigenvalue weighted by Crippen LogP contribution is -2.05. The normalized spacial score (nSPS) is 12.4. The van der Waals surface area contributed by atoms with Gasteiger partial charge in [-0.3, -0.25) is 0 Å². The number of hydrogen-bond acceptors (Lipinski definition) is 1. The lowest BCUT2D eigenvalue weighted by atomic mass is 9.93. The molecule has 0 aliphatic heterocycles. The van der Waals surface area contributed by atoms with Crippen molar-refractivity contribution in [1.82, 2.24) is 0 Å². The Morgan fingerprint density at radius 2 is 1.80 bits per heavy atom. The van der Waals surface area contributed by atoms with Crippen LogP contribution < -0.4 is 0 Å². The summed E-state index contributed by atoms with van der Waals surface area (Å²) in [5.41, 5.74) is 4.24. The Morgan fingerprint density at radius 3 is 2.40 bits per heavy atom. The molecule has 1 atom stereocenters. The van der Waals surface area contributed by atoms with Crippen LogP contribution in [0.3, 0.4) is 0 Å². The van der Waals surface area contributed by atoms with Crippen LogP contribution in [0.25, 0.3) is 0 Å². The van der Waals surface area contributed by atoms with Crippen molar-refractivity contribution in [1.29, 1.82) is 0 Å². The molecule has 2 aromatic rings. The zero-order chi connectivity index (χ0) is 14.7. The Bertz CT molecular complexity index is 610. The van der Waals surface area contributed by atoms with E-state index < -0.39 is 6.10 Å². The van der Waals surface area contributed by atoms with E-state index in [0.717, 1.165) is 28.4 Å². The first kappa shape index (κ1) is 15.6. The summed E-state index contributed by atoms with van der Waals surface area (Å²) in [5, 5.41) is 11.4. The van der Waals surface area contributed by atoms with Crippen LogP contribution in [0, 0.1) is 0 Å². The van der Waals surface area contributed by atoms with Crippen LogP contribution in [0.1, 0.15) is 42.2 Å². The average molecular weight is 354 g/mol. The van der Waals surface area contributed by atoms with Gasteiger partial charge in [0.05, 0.1) is 0 Å². The van der Waals surface area contributed by atoms with E-state index in [4.69, 9.17) is 11.6 Å². The van der Waals surface area contributed by atoms with Gasteiger partial charge in [0.25, 0.3) is 0 Å².